The average Bonchev–Trinajstić information content (AvgIpc) is 2.27. The van der Waals surface area contributed by atoms with E-state index in [1.807, 2.05) is 13.8 Å². The first-order chi connectivity index (χ1) is 8.41. The van der Waals surface area contributed by atoms with Crippen LogP contribution in [0.4, 0.5) is 0 Å². The van der Waals surface area contributed by atoms with Crippen LogP contribution in [0.15, 0.2) is 24.3 Å². The minimum Gasteiger partial charge on any atom is -0.548 e. The van der Waals surface area contributed by atoms with Crippen molar-refractivity contribution in [3.8, 4) is 0 Å². The van der Waals surface area contributed by atoms with Crippen LogP contribution in [0.1, 0.15) is 30.6 Å². The van der Waals surface area contributed by atoms with Gasteiger partial charge in [-0.25, -0.2) is 0 Å². The molecule has 5 heteroatoms. The maximum Gasteiger partial charge on any atom is 0.253 e. The summed E-state index contributed by atoms with van der Waals surface area (Å²) in [6.45, 7) is 3.75. The van der Waals surface area contributed by atoms with Crippen LogP contribution in [0.2, 0.25) is 5.02 Å². The smallest absolute Gasteiger partial charge is 0.253 e. The van der Waals surface area contributed by atoms with E-state index in [-0.39, 0.29) is 16.5 Å². The van der Waals surface area contributed by atoms with Gasteiger partial charge in [0.05, 0.1) is 22.6 Å². The van der Waals surface area contributed by atoms with Crippen LogP contribution in [0.3, 0.4) is 0 Å². The van der Waals surface area contributed by atoms with Crippen molar-refractivity contribution in [2.24, 2.45) is 5.92 Å². The first-order valence-electron chi connectivity index (χ1n) is 5.68. The van der Waals surface area contributed by atoms with Gasteiger partial charge in [-0.15, -0.1) is 0 Å². The van der Waals surface area contributed by atoms with E-state index < -0.39 is 17.9 Å². The van der Waals surface area contributed by atoms with Crippen molar-refractivity contribution < 1.29 is 14.7 Å². The second-order valence-corrected chi connectivity index (χ2v) is 4.86. The van der Waals surface area contributed by atoms with Crippen LogP contribution in [-0.4, -0.2) is 17.9 Å². The van der Waals surface area contributed by atoms with Crippen molar-refractivity contribution in [1.82, 2.24) is 5.32 Å². The molecule has 1 rings (SSSR count). The highest BCUT2D eigenvalue weighted by Gasteiger charge is 2.17. The third kappa shape index (κ3) is 4.04. The summed E-state index contributed by atoms with van der Waals surface area (Å²) in [4.78, 5) is 22.8. The van der Waals surface area contributed by atoms with E-state index in [1.54, 1.807) is 24.3 Å². The lowest BCUT2D eigenvalue weighted by atomic mass is 10.0. The van der Waals surface area contributed by atoms with E-state index in [1.165, 1.54) is 0 Å². The second kappa shape index (κ2) is 6.40. The summed E-state index contributed by atoms with van der Waals surface area (Å²) >= 11 is 5.86. The van der Waals surface area contributed by atoms with Gasteiger partial charge in [0.1, 0.15) is 0 Å². The van der Waals surface area contributed by atoms with Gasteiger partial charge < -0.3 is 15.2 Å². The highest BCUT2D eigenvalue weighted by atomic mass is 35.5. The topological polar surface area (TPSA) is 69.2 Å². The average molecular weight is 269 g/mol. The van der Waals surface area contributed by atoms with Gasteiger partial charge in [0, 0.05) is 0 Å². The van der Waals surface area contributed by atoms with E-state index in [2.05, 4.69) is 5.32 Å². The van der Waals surface area contributed by atoms with E-state index in [0.29, 0.717) is 6.42 Å². The standard InChI is InChI=1S/C13H16ClNO3/c1-8(2)7-11(13(17)18)15-12(16)9-5-3-4-6-10(9)14/h3-6,8,11H,7H2,1-2H3,(H,15,16)(H,17,18)/p-1/t11-/m1/s1. The van der Waals surface area contributed by atoms with Crippen LogP contribution in [0.25, 0.3) is 0 Å². The summed E-state index contributed by atoms with van der Waals surface area (Å²) in [7, 11) is 0. The maximum atomic E-state index is 11.9. The molecule has 0 aromatic heterocycles. The normalized spacial score (nSPS) is 12.2. The number of hydrogen-bond donors (Lipinski definition) is 1. The summed E-state index contributed by atoms with van der Waals surface area (Å²) in [6, 6.07) is 5.47. The number of carboxylic acid groups (broad SMARTS) is 1. The highest BCUT2D eigenvalue weighted by Crippen LogP contribution is 2.15. The number of benzene rings is 1. The number of rotatable bonds is 5. The number of carboxylic acids is 1. The molecule has 0 saturated carbocycles. The lowest BCUT2D eigenvalue weighted by Crippen LogP contribution is -2.48. The van der Waals surface area contributed by atoms with E-state index in [9.17, 15) is 14.7 Å². The predicted molar refractivity (Wildman–Crippen MR) is 67.2 cm³/mol. The highest BCUT2D eigenvalue weighted by molar-refractivity contribution is 6.33. The van der Waals surface area contributed by atoms with Gasteiger partial charge in [0.15, 0.2) is 0 Å². The van der Waals surface area contributed by atoms with Crippen LogP contribution < -0.4 is 10.4 Å². The molecule has 1 aromatic rings. The Hall–Kier alpha value is -1.55. The fraction of sp³-hybridized carbons (Fsp3) is 0.385. The maximum absolute atomic E-state index is 11.9. The molecule has 1 aromatic carbocycles. The van der Waals surface area contributed by atoms with Gasteiger partial charge in [-0.05, 0) is 24.5 Å². The molecule has 0 radical (unpaired) electrons. The molecule has 0 aliphatic carbocycles. The van der Waals surface area contributed by atoms with Crippen molar-refractivity contribution in [3.05, 3.63) is 34.9 Å². The third-order valence-corrected chi connectivity index (χ3v) is 2.75. The number of aliphatic carboxylic acids is 1. The SMILES string of the molecule is CC(C)C[C@@H](NC(=O)c1ccccc1Cl)C(=O)[O-]. The molecule has 0 heterocycles. The largest absolute Gasteiger partial charge is 0.548 e. The van der Waals surface area contributed by atoms with Crippen LogP contribution in [0.5, 0.6) is 0 Å². The van der Waals surface area contributed by atoms with Crippen molar-refractivity contribution >= 4 is 23.5 Å². The molecular weight excluding hydrogens is 254 g/mol. The number of carbonyl (C=O) groups is 2. The molecule has 0 aliphatic rings. The molecular formula is C13H15ClNO3-. The zero-order chi connectivity index (χ0) is 13.7. The number of nitrogens with one attached hydrogen (secondary N) is 1. The first kappa shape index (κ1) is 14.5. The van der Waals surface area contributed by atoms with Gasteiger partial charge in [0.25, 0.3) is 5.91 Å². The van der Waals surface area contributed by atoms with Gasteiger partial charge in [-0.3, -0.25) is 4.79 Å². The summed E-state index contributed by atoms with van der Waals surface area (Å²) in [5.74, 6) is -1.65. The van der Waals surface area contributed by atoms with Gasteiger partial charge in [-0.2, -0.15) is 0 Å². The Morgan fingerprint density at radius 1 is 1.33 bits per heavy atom. The van der Waals surface area contributed by atoms with Crippen molar-refractivity contribution in [2.45, 2.75) is 26.3 Å². The molecule has 18 heavy (non-hydrogen) atoms. The van der Waals surface area contributed by atoms with Gasteiger partial charge in [0.2, 0.25) is 0 Å². The quantitative estimate of drug-likeness (QED) is 0.873. The van der Waals surface area contributed by atoms with E-state index in [0.717, 1.165) is 0 Å². The Kier molecular flexibility index (Phi) is 5.16. The second-order valence-electron chi connectivity index (χ2n) is 4.45. The molecule has 0 spiro atoms. The van der Waals surface area contributed by atoms with E-state index in [4.69, 9.17) is 11.6 Å². The van der Waals surface area contributed by atoms with Crippen molar-refractivity contribution in [1.29, 1.82) is 0 Å². The summed E-state index contributed by atoms with van der Waals surface area (Å²) in [6.07, 6.45) is 0.318. The Balaban J connectivity index is 2.79. The van der Waals surface area contributed by atoms with Crippen LogP contribution >= 0.6 is 11.6 Å². The van der Waals surface area contributed by atoms with Gasteiger partial charge >= 0.3 is 0 Å². The minimum atomic E-state index is -1.29. The zero-order valence-corrected chi connectivity index (χ0v) is 11.0. The Labute approximate surface area is 111 Å². The molecule has 0 unspecified atom stereocenters. The molecule has 1 amide bonds. The molecule has 0 aliphatic heterocycles. The Morgan fingerprint density at radius 3 is 2.44 bits per heavy atom. The Bertz CT molecular complexity index is 446. The van der Waals surface area contributed by atoms with Crippen LogP contribution in [-0.2, 0) is 4.79 Å². The lowest BCUT2D eigenvalue weighted by Gasteiger charge is -2.21. The van der Waals surface area contributed by atoms with Crippen LogP contribution in [0, 0.1) is 5.92 Å². The monoisotopic (exact) mass is 268 g/mol. The summed E-state index contributed by atoms with van der Waals surface area (Å²) in [5.41, 5.74) is 0.258. The zero-order valence-electron chi connectivity index (χ0n) is 10.3. The molecule has 4 nitrogen and oxygen atoms in total. The molecule has 1 N–H and O–H groups in total. The first-order valence-corrected chi connectivity index (χ1v) is 6.06. The molecule has 0 fully saturated rings. The lowest BCUT2D eigenvalue weighted by molar-refractivity contribution is -0.308. The fourth-order valence-corrected chi connectivity index (χ4v) is 1.79. The van der Waals surface area contributed by atoms with Crippen molar-refractivity contribution in [3.63, 3.8) is 0 Å². The van der Waals surface area contributed by atoms with E-state index >= 15 is 0 Å². The molecule has 0 saturated heterocycles. The third-order valence-electron chi connectivity index (χ3n) is 2.42. The summed E-state index contributed by atoms with van der Waals surface area (Å²) < 4.78 is 0. The molecule has 1 atom stereocenters. The number of halogens is 1. The number of amides is 1. The number of hydrogen-bond acceptors (Lipinski definition) is 3. The van der Waals surface area contributed by atoms with Gasteiger partial charge in [-0.1, -0.05) is 37.6 Å². The molecule has 0 bridgehead atoms. The minimum absolute atomic E-state index is 0.138. The summed E-state index contributed by atoms with van der Waals surface area (Å²) in [5, 5.41) is 13.6. The fourth-order valence-electron chi connectivity index (χ4n) is 1.57. The predicted octanol–water partition coefficient (Wildman–Crippen LogP) is 1.23. The number of carbonyl (C=O) groups excluding carboxylic acids is 2. The molecule has 98 valence electrons. The van der Waals surface area contributed by atoms with Crippen molar-refractivity contribution in [2.75, 3.05) is 0 Å². The Morgan fingerprint density at radius 2 is 1.94 bits per heavy atom.